The van der Waals surface area contributed by atoms with E-state index < -0.39 is 75.0 Å². The number of nitrogens with zero attached hydrogens (tertiary/aromatic N) is 4. The lowest BCUT2D eigenvalue weighted by Gasteiger charge is -2.32. The summed E-state index contributed by atoms with van der Waals surface area (Å²) >= 11 is 0. The minimum atomic E-state index is -1.29. The van der Waals surface area contributed by atoms with E-state index in [1.165, 1.54) is 32.9 Å². The molecule has 0 spiro atoms. The predicted octanol–water partition coefficient (Wildman–Crippen LogP) is -0.0892. The molecule has 2 aromatic carbocycles. The van der Waals surface area contributed by atoms with Crippen molar-refractivity contribution in [2.24, 2.45) is 5.73 Å². The Hall–Kier alpha value is -5.54. The Kier molecular flexibility index (Phi) is 12.6. The van der Waals surface area contributed by atoms with Gasteiger partial charge < -0.3 is 50.9 Å². The average molecular weight is 604 g/mol. The van der Waals surface area contributed by atoms with Gasteiger partial charge in [-0.1, -0.05) is 24.3 Å². The predicted molar refractivity (Wildman–Crippen MR) is 154 cm³/mol. The number of anilines is 4. The fraction of sp³-hybridized carbons (Fsp3) is 0.333. The smallest absolute Gasteiger partial charge is 0.323 e. The van der Waals surface area contributed by atoms with Gasteiger partial charge in [0.1, 0.15) is 32.7 Å². The first-order valence-corrected chi connectivity index (χ1v) is 12.8. The van der Waals surface area contributed by atoms with Crippen LogP contribution in [0.15, 0.2) is 48.5 Å². The molecule has 16 nitrogen and oxygen atoms in total. The number of benzene rings is 2. The van der Waals surface area contributed by atoms with E-state index in [2.05, 4.69) is 0 Å². The first-order valence-electron chi connectivity index (χ1n) is 12.8. The molecule has 7 N–H and O–H groups in total. The Labute approximate surface area is 245 Å². The van der Waals surface area contributed by atoms with E-state index >= 15 is 0 Å². The van der Waals surface area contributed by atoms with Gasteiger partial charge in [-0.2, -0.15) is 0 Å². The van der Waals surface area contributed by atoms with Crippen LogP contribution in [0.5, 0.6) is 0 Å². The van der Waals surface area contributed by atoms with Crippen molar-refractivity contribution in [2.75, 3.05) is 72.0 Å². The quantitative estimate of drug-likeness (QED) is 0.116. The average Bonchev–Trinajstić information content (AvgIpc) is 2.89. The van der Waals surface area contributed by atoms with Crippen LogP contribution in [-0.4, -0.2) is 114 Å². The molecule has 232 valence electrons. The van der Waals surface area contributed by atoms with Gasteiger partial charge in [0.25, 0.3) is 0 Å². The van der Waals surface area contributed by atoms with Gasteiger partial charge in [0, 0.05) is 13.1 Å². The van der Waals surface area contributed by atoms with E-state index in [1.54, 1.807) is 30.3 Å². The van der Waals surface area contributed by atoms with Gasteiger partial charge in [0.15, 0.2) is 0 Å². The Morgan fingerprint density at radius 2 is 0.721 bits per heavy atom. The monoisotopic (exact) mass is 603 g/mol. The summed E-state index contributed by atoms with van der Waals surface area (Å²) in [5.41, 5.74) is 6.28. The van der Waals surface area contributed by atoms with Crippen LogP contribution < -0.4 is 25.3 Å². The molecule has 0 aliphatic heterocycles. The van der Waals surface area contributed by atoms with Crippen LogP contribution in [0.25, 0.3) is 0 Å². The zero-order valence-corrected chi connectivity index (χ0v) is 23.0. The molecule has 0 atom stereocenters. The number of hydrogen-bond acceptors (Lipinski definition) is 10. The number of para-hydroxylation sites is 4. The van der Waals surface area contributed by atoms with Crippen LogP contribution >= 0.6 is 0 Å². The maximum absolute atomic E-state index is 11.8. The highest BCUT2D eigenvalue weighted by Gasteiger charge is 2.24. The highest BCUT2D eigenvalue weighted by Crippen LogP contribution is 2.31. The van der Waals surface area contributed by atoms with Gasteiger partial charge in [0.2, 0.25) is 5.91 Å². The zero-order chi connectivity index (χ0) is 32.1. The number of carbonyl (C=O) groups excluding carboxylic acids is 1. The Balaban J connectivity index is 2.42. The fourth-order valence-corrected chi connectivity index (χ4v) is 4.48. The topological polar surface area (TPSA) is 243 Å². The molecule has 2 aromatic rings. The van der Waals surface area contributed by atoms with Crippen LogP contribution in [0.2, 0.25) is 0 Å². The first kappa shape index (κ1) is 33.7. The number of amides is 1. The minimum Gasteiger partial charge on any atom is -0.480 e. The molecule has 0 aliphatic rings. The minimum absolute atomic E-state index is 0.0235. The Morgan fingerprint density at radius 1 is 0.465 bits per heavy atom. The second kappa shape index (κ2) is 16.0. The third-order valence-electron chi connectivity index (χ3n) is 5.96. The van der Waals surface area contributed by atoms with Gasteiger partial charge in [-0.3, -0.25) is 28.8 Å². The summed E-state index contributed by atoms with van der Waals surface area (Å²) in [6, 6.07) is 12.4. The van der Waals surface area contributed by atoms with Gasteiger partial charge >= 0.3 is 29.8 Å². The number of hydrogen-bond donors (Lipinski definition) is 6. The molecule has 1 amide bonds. The van der Waals surface area contributed by atoms with Crippen molar-refractivity contribution in [3.05, 3.63) is 48.5 Å². The maximum atomic E-state index is 11.8. The van der Waals surface area contributed by atoms with Gasteiger partial charge in [-0.05, 0) is 30.7 Å². The van der Waals surface area contributed by atoms with Crippen LogP contribution in [0.4, 0.5) is 22.7 Å². The molecule has 0 heterocycles. The number of rotatable bonds is 20. The van der Waals surface area contributed by atoms with Crippen LogP contribution in [0, 0.1) is 0 Å². The third-order valence-corrected chi connectivity index (χ3v) is 5.96. The largest absolute Gasteiger partial charge is 0.480 e. The zero-order valence-electron chi connectivity index (χ0n) is 23.0. The molecule has 0 bridgehead atoms. The van der Waals surface area contributed by atoms with E-state index in [0.29, 0.717) is 5.69 Å². The molecular formula is C27H33N5O11. The highest BCUT2D eigenvalue weighted by atomic mass is 16.4. The van der Waals surface area contributed by atoms with Crippen molar-refractivity contribution in [1.29, 1.82) is 0 Å². The molecule has 0 saturated heterocycles. The standard InChI is InChI=1S/C27H33N5O11/c28-22(33)12-31(15-25(38)39)20-8-3-1-6-18(20)29(13-23(34)35)10-5-11-30(14-24(36)37)19-7-2-4-9-21(19)32(16-26(40)41)17-27(42)43/h1-4,6-9H,5,10-17H2,(H2,28,33)(H,34,35)(H,36,37)(H,38,39)(H,40,41)(H,42,43). The van der Waals surface area contributed by atoms with Crippen molar-refractivity contribution in [3.8, 4) is 0 Å². The number of carboxylic acid groups (broad SMARTS) is 5. The van der Waals surface area contributed by atoms with Crippen molar-refractivity contribution >= 4 is 58.5 Å². The van der Waals surface area contributed by atoms with E-state index in [4.69, 9.17) is 5.73 Å². The molecule has 2 rings (SSSR count). The lowest BCUT2D eigenvalue weighted by molar-refractivity contribution is -0.137. The summed E-state index contributed by atoms with van der Waals surface area (Å²) < 4.78 is 0. The molecule has 0 unspecified atom stereocenters. The number of nitrogens with two attached hydrogens (primary N) is 1. The number of primary amides is 1. The molecule has 0 aromatic heterocycles. The molecule has 0 fully saturated rings. The van der Waals surface area contributed by atoms with Crippen LogP contribution in [-0.2, 0) is 28.8 Å². The second-order valence-corrected chi connectivity index (χ2v) is 9.32. The summed E-state index contributed by atoms with van der Waals surface area (Å²) in [5, 5.41) is 47.2. The SMILES string of the molecule is NC(=O)CN(CC(=O)O)c1ccccc1N(CCCN(CC(=O)O)c1ccccc1N(CC(=O)O)CC(=O)O)CC(=O)O. The summed E-state index contributed by atoms with van der Waals surface area (Å²) in [4.78, 5) is 74.6. The summed E-state index contributed by atoms with van der Waals surface area (Å²) in [6.07, 6.45) is 0.163. The maximum Gasteiger partial charge on any atom is 0.323 e. The fourth-order valence-electron chi connectivity index (χ4n) is 4.48. The lowest BCUT2D eigenvalue weighted by atomic mass is 10.1. The molecule has 0 aliphatic carbocycles. The molecule has 0 saturated carbocycles. The van der Waals surface area contributed by atoms with Gasteiger partial charge in [-0.25, -0.2) is 0 Å². The van der Waals surface area contributed by atoms with Crippen LogP contribution in [0.1, 0.15) is 6.42 Å². The van der Waals surface area contributed by atoms with E-state index in [9.17, 15) is 54.3 Å². The van der Waals surface area contributed by atoms with Crippen LogP contribution in [0.3, 0.4) is 0 Å². The molecule has 16 heteroatoms. The molecule has 43 heavy (non-hydrogen) atoms. The molecule has 0 radical (unpaired) electrons. The normalized spacial score (nSPS) is 10.4. The van der Waals surface area contributed by atoms with E-state index in [0.717, 1.165) is 4.90 Å². The van der Waals surface area contributed by atoms with Gasteiger partial charge in [0.05, 0.1) is 29.3 Å². The molecular weight excluding hydrogens is 570 g/mol. The highest BCUT2D eigenvalue weighted by molar-refractivity contribution is 5.87. The summed E-state index contributed by atoms with van der Waals surface area (Å²) in [6.45, 7) is -3.36. The first-order chi connectivity index (χ1) is 20.3. The van der Waals surface area contributed by atoms with E-state index in [-0.39, 0.29) is 36.6 Å². The van der Waals surface area contributed by atoms with Crippen molar-refractivity contribution in [2.45, 2.75) is 6.42 Å². The lowest BCUT2D eigenvalue weighted by Crippen LogP contribution is -2.40. The van der Waals surface area contributed by atoms with E-state index in [1.807, 2.05) is 0 Å². The summed E-state index contributed by atoms with van der Waals surface area (Å²) in [5.74, 6) is -7.07. The number of carbonyl (C=O) groups is 6. The summed E-state index contributed by atoms with van der Waals surface area (Å²) in [7, 11) is 0. The second-order valence-electron chi connectivity index (χ2n) is 9.32. The third kappa shape index (κ3) is 11.1. The Morgan fingerprint density at radius 3 is 1.00 bits per heavy atom. The Bertz CT molecular complexity index is 1200. The van der Waals surface area contributed by atoms with Crippen molar-refractivity contribution in [3.63, 3.8) is 0 Å². The van der Waals surface area contributed by atoms with Crippen molar-refractivity contribution in [1.82, 2.24) is 0 Å². The number of aliphatic carboxylic acids is 5. The van der Waals surface area contributed by atoms with Crippen molar-refractivity contribution < 1.29 is 54.3 Å². The van der Waals surface area contributed by atoms with Gasteiger partial charge in [-0.15, -0.1) is 0 Å². The number of carboxylic acids is 5.